The molecule has 0 radical (unpaired) electrons. The monoisotopic (exact) mass is 406 g/mol. The van der Waals surface area contributed by atoms with Crippen LogP contribution < -0.4 is 10.1 Å². The van der Waals surface area contributed by atoms with Crippen LogP contribution in [0.25, 0.3) is 5.70 Å². The summed E-state index contributed by atoms with van der Waals surface area (Å²) in [6.45, 7) is 4.38. The fourth-order valence-electron chi connectivity index (χ4n) is 4.67. The first-order valence-electron chi connectivity index (χ1n) is 11.0. The number of benzene rings is 1. The number of piperazine rings is 1. The Labute approximate surface area is 178 Å². The molecule has 4 aliphatic rings. The average molecular weight is 407 g/mol. The van der Waals surface area contributed by atoms with Crippen molar-refractivity contribution < 1.29 is 9.53 Å². The highest BCUT2D eigenvalue weighted by molar-refractivity contribution is 5.79. The Morgan fingerprint density at radius 3 is 2.73 bits per heavy atom. The first-order chi connectivity index (χ1) is 14.7. The van der Waals surface area contributed by atoms with E-state index in [1.165, 1.54) is 12.1 Å². The molecule has 6 nitrogen and oxygen atoms in total. The molecule has 1 saturated heterocycles. The van der Waals surface area contributed by atoms with Gasteiger partial charge in [-0.25, -0.2) is 0 Å². The third kappa shape index (κ3) is 3.60. The minimum Gasteiger partial charge on any atom is -0.497 e. The van der Waals surface area contributed by atoms with E-state index in [-0.39, 0.29) is 6.17 Å². The summed E-state index contributed by atoms with van der Waals surface area (Å²) < 4.78 is 5.45. The smallest absolute Gasteiger partial charge is 0.225 e. The minimum atomic E-state index is 0.146. The predicted molar refractivity (Wildman–Crippen MR) is 117 cm³/mol. The predicted octanol–water partition coefficient (Wildman–Crippen LogP) is 2.62. The molecule has 6 heteroatoms. The number of carbonyl (C=O) groups is 1. The molecular formula is C24H30N4O2. The maximum absolute atomic E-state index is 12.6. The van der Waals surface area contributed by atoms with Crippen molar-refractivity contribution in [1.82, 2.24) is 20.0 Å². The molecular weight excluding hydrogens is 376 g/mol. The van der Waals surface area contributed by atoms with Gasteiger partial charge >= 0.3 is 0 Å². The lowest BCUT2D eigenvalue weighted by Gasteiger charge is -2.39. The van der Waals surface area contributed by atoms with Gasteiger partial charge in [-0.1, -0.05) is 24.6 Å². The second-order valence-electron chi connectivity index (χ2n) is 8.51. The van der Waals surface area contributed by atoms with Crippen molar-refractivity contribution in [2.75, 3.05) is 39.8 Å². The number of fused-ring (bicyclic) bond motifs is 1. The first-order valence-corrected chi connectivity index (χ1v) is 11.0. The SMILES string of the molecule is COc1cccc(C2=C(CN3CCN(C(=O)C4CCC4)CC3)N3C=CC=CC3N2)c1. The van der Waals surface area contributed by atoms with E-state index in [4.69, 9.17) is 4.74 Å². The molecule has 3 aliphatic heterocycles. The molecule has 1 aromatic rings. The molecule has 1 saturated carbocycles. The van der Waals surface area contributed by atoms with Crippen molar-refractivity contribution in [3.05, 3.63) is 60.0 Å². The molecule has 5 rings (SSSR count). The van der Waals surface area contributed by atoms with Crippen LogP contribution in [0.3, 0.4) is 0 Å². The highest BCUT2D eigenvalue weighted by atomic mass is 16.5. The van der Waals surface area contributed by atoms with Gasteiger partial charge < -0.3 is 19.9 Å². The number of allylic oxidation sites excluding steroid dienone is 2. The lowest BCUT2D eigenvalue weighted by atomic mass is 9.84. The maximum Gasteiger partial charge on any atom is 0.225 e. The summed E-state index contributed by atoms with van der Waals surface area (Å²) in [5.74, 6) is 1.54. The Hall–Kier alpha value is -2.73. The van der Waals surface area contributed by atoms with Crippen molar-refractivity contribution >= 4 is 11.6 Å². The average Bonchev–Trinajstić information content (AvgIpc) is 3.11. The van der Waals surface area contributed by atoms with Crippen LogP contribution in [0.2, 0.25) is 0 Å². The van der Waals surface area contributed by atoms with E-state index in [0.717, 1.165) is 62.6 Å². The summed E-state index contributed by atoms with van der Waals surface area (Å²) in [4.78, 5) is 19.4. The summed E-state index contributed by atoms with van der Waals surface area (Å²) in [7, 11) is 1.70. The zero-order valence-electron chi connectivity index (χ0n) is 17.6. The largest absolute Gasteiger partial charge is 0.497 e. The van der Waals surface area contributed by atoms with Crippen LogP contribution in [0, 0.1) is 5.92 Å². The van der Waals surface area contributed by atoms with Gasteiger partial charge in [0.2, 0.25) is 5.91 Å². The van der Waals surface area contributed by atoms with Crippen molar-refractivity contribution in [2.45, 2.75) is 25.4 Å². The van der Waals surface area contributed by atoms with Gasteiger partial charge in [-0.15, -0.1) is 0 Å². The molecule has 1 amide bonds. The van der Waals surface area contributed by atoms with E-state index < -0.39 is 0 Å². The number of carbonyl (C=O) groups excluding carboxylic acids is 1. The molecule has 30 heavy (non-hydrogen) atoms. The third-order valence-corrected chi connectivity index (χ3v) is 6.71. The van der Waals surface area contributed by atoms with Crippen LogP contribution in [-0.2, 0) is 4.79 Å². The molecule has 1 aliphatic carbocycles. The van der Waals surface area contributed by atoms with Crippen LogP contribution in [-0.4, -0.2) is 66.6 Å². The van der Waals surface area contributed by atoms with Gasteiger partial charge in [0.15, 0.2) is 0 Å². The lowest BCUT2D eigenvalue weighted by Crippen LogP contribution is -2.51. The van der Waals surface area contributed by atoms with E-state index in [2.05, 4.69) is 56.6 Å². The molecule has 0 bridgehead atoms. The molecule has 3 heterocycles. The van der Waals surface area contributed by atoms with Crippen LogP contribution in [0.4, 0.5) is 0 Å². The molecule has 1 atom stereocenters. The van der Waals surface area contributed by atoms with Gasteiger partial charge in [0.1, 0.15) is 11.9 Å². The summed E-state index contributed by atoms with van der Waals surface area (Å²) >= 11 is 0. The van der Waals surface area contributed by atoms with Crippen molar-refractivity contribution in [1.29, 1.82) is 0 Å². The number of hydrogen-bond donors (Lipinski definition) is 1. The molecule has 158 valence electrons. The minimum absolute atomic E-state index is 0.146. The molecule has 1 unspecified atom stereocenters. The maximum atomic E-state index is 12.6. The van der Waals surface area contributed by atoms with Crippen molar-refractivity contribution in [3.8, 4) is 5.75 Å². The van der Waals surface area contributed by atoms with Crippen LogP contribution in [0.15, 0.2) is 54.4 Å². The van der Waals surface area contributed by atoms with Crippen LogP contribution in [0.5, 0.6) is 5.75 Å². The molecule has 2 fully saturated rings. The van der Waals surface area contributed by atoms with Gasteiger partial charge in [0.05, 0.1) is 18.5 Å². The Bertz CT molecular complexity index is 894. The van der Waals surface area contributed by atoms with Gasteiger partial charge in [-0.2, -0.15) is 0 Å². The van der Waals surface area contributed by atoms with Gasteiger partial charge in [0, 0.05) is 50.4 Å². The Kier molecular flexibility index (Phi) is 5.25. The summed E-state index contributed by atoms with van der Waals surface area (Å²) in [5.41, 5.74) is 3.56. The first kappa shape index (κ1) is 19.2. The summed E-state index contributed by atoms with van der Waals surface area (Å²) in [6.07, 6.45) is 12.0. The van der Waals surface area contributed by atoms with E-state index >= 15 is 0 Å². The Morgan fingerprint density at radius 2 is 2.00 bits per heavy atom. The Morgan fingerprint density at radius 1 is 1.17 bits per heavy atom. The fourth-order valence-corrected chi connectivity index (χ4v) is 4.67. The molecule has 1 aromatic carbocycles. The standard InChI is InChI=1S/C24H30N4O2/c1-30-20-9-5-8-19(16-20)23-21(28-11-3-2-10-22(28)25-23)17-26-12-14-27(15-13-26)24(29)18-6-4-7-18/h2-3,5,8-11,16,18,22,25H,4,6-7,12-15,17H2,1H3. The van der Waals surface area contributed by atoms with Crippen molar-refractivity contribution in [2.24, 2.45) is 5.92 Å². The topological polar surface area (TPSA) is 48.1 Å². The number of amides is 1. The van der Waals surface area contributed by atoms with E-state index in [1.54, 1.807) is 7.11 Å². The lowest BCUT2D eigenvalue weighted by molar-refractivity contribution is -0.139. The second-order valence-corrected chi connectivity index (χ2v) is 8.51. The van der Waals surface area contributed by atoms with Gasteiger partial charge in [0.25, 0.3) is 0 Å². The second kappa shape index (κ2) is 8.19. The number of nitrogens with one attached hydrogen (secondary N) is 1. The highest BCUT2D eigenvalue weighted by Gasteiger charge is 2.34. The number of ether oxygens (including phenoxy) is 1. The number of methoxy groups -OCH3 is 1. The number of hydrogen-bond acceptors (Lipinski definition) is 5. The number of nitrogens with zero attached hydrogens (tertiary/aromatic N) is 3. The zero-order valence-corrected chi connectivity index (χ0v) is 17.6. The van der Waals surface area contributed by atoms with E-state index in [1.807, 2.05) is 12.1 Å². The zero-order chi connectivity index (χ0) is 20.5. The van der Waals surface area contributed by atoms with Crippen LogP contribution in [0.1, 0.15) is 24.8 Å². The Balaban J connectivity index is 1.33. The normalized spacial score (nSPS) is 24.0. The summed E-state index contributed by atoms with van der Waals surface area (Å²) in [5, 5.41) is 3.68. The third-order valence-electron chi connectivity index (χ3n) is 6.71. The van der Waals surface area contributed by atoms with E-state index in [9.17, 15) is 4.79 Å². The van der Waals surface area contributed by atoms with Crippen molar-refractivity contribution in [3.63, 3.8) is 0 Å². The molecule has 0 spiro atoms. The van der Waals surface area contributed by atoms with Crippen LogP contribution >= 0.6 is 0 Å². The summed E-state index contributed by atoms with van der Waals surface area (Å²) in [6, 6.07) is 8.23. The fraction of sp³-hybridized carbons (Fsp3) is 0.458. The molecule has 1 N–H and O–H groups in total. The van der Waals surface area contributed by atoms with E-state index in [0.29, 0.717) is 11.8 Å². The molecule has 0 aromatic heterocycles. The van der Waals surface area contributed by atoms with Gasteiger partial charge in [-0.3, -0.25) is 9.69 Å². The highest BCUT2D eigenvalue weighted by Crippen LogP contribution is 2.32. The quantitative estimate of drug-likeness (QED) is 0.815. The number of rotatable bonds is 5. The van der Waals surface area contributed by atoms with Gasteiger partial charge in [-0.05, 0) is 37.1 Å².